The number of nitrogen functional groups attached to an aromatic ring is 2. The summed E-state index contributed by atoms with van der Waals surface area (Å²) in [5, 5.41) is 0. The van der Waals surface area contributed by atoms with Crippen molar-refractivity contribution in [3.8, 4) is 0 Å². The maximum absolute atomic E-state index is 5.78. The Balaban J connectivity index is 1.75. The molecule has 2 aromatic heterocycles. The van der Waals surface area contributed by atoms with Gasteiger partial charge in [0.25, 0.3) is 0 Å². The number of aromatic nitrogens is 4. The van der Waals surface area contributed by atoms with Crippen LogP contribution < -0.4 is 11.5 Å². The summed E-state index contributed by atoms with van der Waals surface area (Å²) in [5.74, 6) is 0.508. The molecule has 0 saturated heterocycles. The number of nitrogens with zero attached hydrogens (tertiary/aromatic N) is 4. The number of hydrogen-bond acceptors (Lipinski definition) is 5. The van der Waals surface area contributed by atoms with Gasteiger partial charge < -0.3 is 16.0 Å². The van der Waals surface area contributed by atoms with Crippen LogP contribution in [0.2, 0.25) is 0 Å². The average Bonchev–Trinajstić information content (AvgIpc) is 2.83. The summed E-state index contributed by atoms with van der Waals surface area (Å²) in [6.07, 6.45) is 3.75. The van der Waals surface area contributed by atoms with Crippen molar-refractivity contribution in [2.75, 3.05) is 11.5 Å². The van der Waals surface area contributed by atoms with Crippen LogP contribution in [0.25, 0.3) is 11.2 Å². The summed E-state index contributed by atoms with van der Waals surface area (Å²) in [6.45, 7) is 0.821. The minimum Gasteiger partial charge on any atom is -0.382 e. The van der Waals surface area contributed by atoms with Gasteiger partial charge in [0.05, 0.1) is 6.33 Å². The van der Waals surface area contributed by atoms with E-state index in [9.17, 15) is 0 Å². The zero-order valence-corrected chi connectivity index (χ0v) is 11.0. The average molecular weight is 268 g/mol. The zero-order valence-electron chi connectivity index (χ0n) is 11.0. The van der Waals surface area contributed by atoms with E-state index in [1.807, 2.05) is 10.6 Å². The number of hydrogen-bond donors (Lipinski definition) is 2. The predicted octanol–water partition coefficient (Wildman–Crippen LogP) is 1.62. The first-order valence-corrected chi connectivity index (χ1v) is 6.52. The second-order valence-electron chi connectivity index (χ2n) is 4.67. The summed E-state index contributed by atoms with van der Waals surface area (Å²) < 4.78 is 1.96. The molecule has 4 N–H and O–H groups in total. The third kappa shape index (κ3) is 2.40. The summed E-state index contributed by atoms with van der Waals surface area (Å²) in [5.41, 5.74) is 14.0. The van der Waals surface area contributed by atoms with E-state index in [-0.39, 0.29) is 5.95 Å². The molecule has 20 heavy (non-hydrogen) atoms. The van der Waals surface area contributed by atoms with Gasteiger partial charge in [0, 0.05) is 6.54 Å². The normalized spacial score (nSPS) is 11.0. The molecule has 0 atom stereocenters. The van der Waals surface area contributed by atoms with E-state index >= 15 is 0 Å². The Bertz CT molecular complexity index is 719. The number of nitrogens with two attached hydrogens (primary N) is 2. The van der Waals surface area contributed by atoms with Crippen LogP contribution in [0.15, 0.2) is 36.7 Å². The monoisotopic (exact) mass is 268 g/mol. The number of benzene rings is 1. The Morgan fingerprint density at radius 1 is 1.05 bits per heavy atom. The van der Waals surface area contributed by atoms with Gasteiger partial charge in [0.15, 0.2) is 11.5 Å². The smallest absolute Gasteiger partial charge is 0.224 e. The zero-order chi connectivity index (χ0) is 13.9. The Labute approximate surface area is 116 Å². The third-order valence-corrected chi connectivity index (χ3v) is 3.22. The Kier molecular flexibility index (Phi) is 3.20. The molecular weight excluding hydrogens is 252 g/mol. The van der Waals surface area contributed by atoms with Crippen LogP contribution in [-0.2, 0) is 13.0 Å². The molecule has 0 unspecified atom stereocenters. The minimum atomic E-state index is 0.180. The molecular formula is C14H16N6. The highest BCUT2D eigenvalue weighted by Gasteiger charge is 2.09. The molecule has 3 aromatic rings. The van der Waals surface area contributed by atoms with Crippen molar-refractivity contribution in [2.24, 2.45) is 0 Å². The lowest BCUT2D eigenvalue weighted by molar-refractivity contribution is 0.653. The molecule has 0 saturated carbocycles. The third-order valence-electron chi connectivity index (χ3n) is 3.22. The summed E-state index contributed by atoms with van der Waals surface area (Å²) in [7, 11) is 0. The van der Waals surface area contributed by atoms with Gasteiger partial charge in [0.2, 0.25) is 5.95 Å². The lowest BCUT2D eigenvalue weighted by Crippen LogP contribution is -2.04. The highest BCUT2D eigenvalue weighted by molar-refractivity contribution is 5.82. The number of anilines is 2. The highest BCUT2D eigenvalue weighted by atomic mass is 15.2. The maximum atomic E-state index is 5.78. The molecule has 0 aliphatic rings. The van der Waals surface area contributed by atoms with Gasteiger partial charge >= 0.3 is 0 Å². The van der Waals surface area contributed by atoms with Crippen molar-refractivity contribution in [1.82, 2.24) is 19.5 Å². The molecule has 102 valence electrons. The second-order valence-corrected chi connectivity index (χ2v) is 4.67. The van der Waals surface area contributed by atoms with Crippen LogP contribution in [0.5, 0.6) is 0 Å². The maximum Gasteiger partial charge on any atom is 0.224 e. The molecule has 0 spiro atoms. The van der Waals surface area contributed by atoms with Crippen LogP contribution in [-0.4, -0.2) is 19.5 Å². The van der Waals surface area contributed by atoms with Gasteiger partial charge in [-0.2, -0.15) is 9.97 Å². The largest absolute Gasteiger partial charge is 0.382 e. The van der Waals surface area contributed by atoms with Crippen LogP contribution in [0, 0.1) is 0 Å². The van der Waals surface area contributed by atoms with Gasteiger partial charge in [-0.3, -0.25) is 0 Å². The van der Waals surface area contributed by atoms with Gasteiger partial charge in [-0.25, -0.2) is 4.98 Å². The molecule has 1 aromatic carbocycles. The Morgan fingerprint density at radius 3 is 2.65 bits per heavy atom. The SMILES string of the molecule is Nc1nc(N)c2ncn(CCCc3ccccc3)c2n1. The fourth-order valence-electron chi connectivity index (χ4n) is 2.25. The van der Waals surface area contributed by atoms with E-state index < -0.39 is 0 Å². The molecule has 0 aliphatic heterocycles. The molecule has 0 aliphatic carbocycles. The first-order chi connectivity index (χ1) is 9.74. The van der Waals surface area contributed by atoms with Gasteiger partial charge in [-0.1, -0.05) is 30.3 Å². The van der Waals surface area contributed by atoms with Crippen molar-refractivity contribution in [2.45, 2.75) is 19.4 Å². The standard InChI is InChI=1S/C14H16N6/c15-12-11-13(19-14(16)18-12)20(9-17-11)8-4-7-10-5-2-1-3-6-10/h1-3,5-6,9H,4,7-8H2,(H4,15,16,18,19). The molecule has 0 bridgehead atoms. The van der Waals surface area contributed by atoms with Crippen molar-refractivity contribution in [1.29, 1.82) is 0 Å². The van der Waals surface area contributed by atoms with E-state index in [1.54, 1.807) is 6.33 Å². The Hall–Kier alpha value is -2.63. The number of fused-ring (bicyclic) bond motifs is 1. The first-order valence-electron chi connectivity index (χ1n) is 6.52. The van der Waals surface area contributed by atoms with Crippen molar-refractivity contribution < 1.29 is 0 Å². The van der Waals surface area contributed by atoms with Crippen LogP contribution in [0.1, 0.15) is 12.0 Å². The topological polar surface area (TPSA) is 95.6 Å². The van der Waals surface area contributed by atoms with Crippen LogP contribution in [0.4, 0.5) is 11.8 Å². The Morgan fingerprint density at radius 2 is 1.85 bits per heavy atom. The van der Waals surface area contributed by atoms with E-state index in [4.69, 9.17) is 11.5 Å². The quantitative estimate of drug-likeness (QED) is 0.749. The molecule has 0 amide bonds. The molecule has 6 nitrogen and oxygen atoms in total. The van der Waals surface area contributed by atoms with Gasteiger partial charge in [0.1, 0.15) is 5.52 Å². The molecule has 2 heterocycles. The van der Waals surface area contributed by atoms with Crippen molar-refractivity contribution >= 4 is 22.9 Å². The van der Waals surface area contributed by atoms with E-state index in [1.165, 1.54) is 5.56 Å². The van der Waals surface area contributed by atoms with Crippen LogP contribution >= 0.6 is 0 Å². The van der Waals surface area contributed by atoms with E-state index in [2.05, 4.69) is 39.2 Å². The van der Waals surface area contributed by atoms with Crippen molar-refractivity contribution in [3.63, 3.8) is 0 Å². The lowest BCUT2D eigenvalue weighted by Gasteiger charge is -2.05. The number of aryl methyl sites for hydroxylation is 2. The van der Waals surface area contributed by atoms with Crippen molar-refractivity contribution in [3.05, 3.63) is 42.2 Å². The lowest BCUT2D eigenvalue weighted by atomic mass is 10.1. The highest BCUT2D eigenvalue weighted by Crippen LogP contribution is 2.17. The minimum absolute atomic E-state index is 0.180. The summed E-state index contributed by atoms with van der Waals surface area (Å²) >= 11 is 0. The first kappa shape index (κ1) is 12.4. The van der Waals surface area contributed by atoms with Gasteiger partial charge in [-0.15, -0.1) is 0 Å². The fourth-order valence-corrected chi connectivity index (χ4v) is 2.25. The van der Waals surface area contributed by atoms with E-state index in [0.29, 0.717) is 17.0 Å². The van der Waals surface area contributed by atoms with E-state index in [0.717, 1.165) is 19.4 Å². The summed E-state index contributed by atoms with van der Waals surface area (Å²) in [4.78, 5) is 12.4. The fraction of sp³-hybridized carbons (Fsp3) is 0.214. The van der Waals surface area contributed by atoms with Crippen LogP contribution in [0.3, 0.4) is 0 Å². The summed E-state index contributed by atoms with van der Waals surface area (Å²) in [6, 6.07) is 10.4. The number of imidazole rings is 1. The molecule has 6 heteroatoms. The second kappa shape index (κ2) is 5.16. The molecule has 0 radical (unpaired) electrons. The van der Waals surface area contributed by atoms with Gasteiger partial charge in [-0.05, 0) is 18.4 Å². The molecule has 0 fully saturated rings. The predicted molar refractivity (Wildman–Crippen MR) is 78.9 cm³/mol. The molecule has 3 rings (SSSR count). The number of rotatable bonds is 4.